The number of nitrogens with zero attached hydrogens (tertiary/aromatic N) is 2. The molecule has 0 saturated heterocycles. The fraction of sp³-hybridized carbons (Fsp3) is 0.427. The van der Waals surface area contributed by atoms with E-state index in [0.717, 1.165) is 117 Å². The Labute approximate surface area is 545 Å². The summed E-state index contributed by atoms with van der Waals surface area (Å²) < 4.78 is 63.5. The highest BCUT2D eigenvalue weighted by Crippen LogP contribution is 2.38. The molecule has 18 heteroatoms. The number of ether oxygens (including phenoxy) is 11. The molecule has 0 N–H and O–H groups in total. The number of unbranched alkanes of at least 4 members (excludes halogenated alkanes) is 6. The summed E-state index contributed by atoms with van der Waals surface area (Å²) in [6.45, 7) is 17.8. The van der Waals surface area contributed by atoms with Crippen LogP contribution in [0.5, 0.6) is 40.2 Å². The SMILES string of the molecule is C=CC(=O)OCCCCCCOc1ccc(OC(=O)C2CCC(COc3cccc(-c4nc5ccc(OCCOCCOC(=O)C=C)cc5nc4-c4cccc(OCC5CCC(C(=O)Oc6ccc(OCCCCCCOC(=O)C=C)c(C)c6)CC5)c4)c3)CC2)cc1C. The van der Waals surface area contributed by atoms with Gasteiger partial charge >= 0.3 is 29.8 Å². The second-order valence-electron chi connectivity index (χ2n) is 23.5. The molecular weight excluding hydrogens is 1180 g/mol. The van der Waals surface area contributed by atoms with E-state index in [4.69, 9.17) is 62.1 Å². The second-order valence-corrected chi connectivity index (χ2v) is 23.5. The molecular formula is C75H88N2O16. The zero-order chi connectivity index (χ0) is 65.6. The van der Waals surface area contributed by atoms with Crippen molar-refractivity contribution in [3.8, 4) is 62.8 Å². The van der Waals surface area contributed by atoms with Gasteiger partial charge in [-0.1, -0.05) is 44.0 Å². The van der Waals surface area contributed by atoms with E-state index in [0.29, 0.717) is 116 Å². The lowest BCUT2D eigenvalue weighted by Gasteiger charge is -2.27. The van der Waals surface area contributed by atoms with Crippen molar-refractivity contribution in [1.82, 2.24) is 9.97 Å². The molecule has 6 aromatic rings. The maximum atomic E-state index is 13.4. The summed E-state index contributed by atoms with van der Waals surface area (Å²) in [7, 11) is 0. The van der Waals surface area contributed by atoms with Crippen LogP contribution in [0.1, 0.15) is 114 Å². The molecule has 8 rings (SSSR count). The van der Waals surface area contributed by atoms with Crippen molar-refractivity contribution in [3.63, 3.8) is 0 Å². The molecule has 0 unspecified atom stereocenters. The molecule has 0 amide bonds. The number of aryl methyl sites for hydroxylation is 2. The number of fused-ring (bicyclic) bond motifs is 1. The summed E-state index contributed by atoms with van der Waals surface area (Å²) in [5.74, 6) is 2.80. The summed E-state index contributed by atoms with van der Waals surface area (Å²) in [5.41, 5.74) is 5.99. The van der Waals surface area contributed by atoms with Gasteiger partial charge in [0.25, 0.3) is 0 Å². The van der Waals surface area contributed by atoms with E-state index in [9.17, 15) is 24.0 Å². The second kappa shape index (κ2) is 37.5. The number of hydrogen-bond donors (Lipinski definition) is 0. The minimum atomic E-state index is -0.505. The molecule has 0 bridgehead atoms. The van der Waals surface area contributed by atoms with E-state index >= 15 is 0 Å². The van der Waals surface area contributed by atoms with E-state index in [2.05, 4.69) is 19.7 Å². The fourth-order valence-corrected chi connectivity index (χ4v) is 11.2. The van der Waals surface area contributed by atoms with Crippen LogP contribution < -0.4 is 33.2 Å². The van der Waals surface area contributed by atoms with Crippen molar-refractivity contribution in [3.05, 3.63) is 152 Å². The third-order valence-corrected chi connectivity index (χ3v) is 16.5. The highest BCUT2D eigenvalue weighted by Gasteiger charge is 2.30. The molecule has 0 atom stereocenters. The summed E-state index contributed by atoms with van der Waals surface area (Å²) in [5, 5.41) is 0. The normalized spacial score (nSPS) is 16.0. The van der Waals surface area contributed by atoms with E-state index in [1.54, 1.807) is 12.1 Å². The highest BCUT2D eigenvalue weighted by atomic mass is 16.6. The molecule has 494 valence electrons. The zero-order valence-electron chi connectivity index (χ0n) is 53.8. The zero-order valence-corrected chi connectivity index (χ0v) is 53.8. The van der Waals surface area contributed by atoms with Crippen LogP contribution in [-0.2, 0) is 42.9 Å². The van der Waals surface area contributed by atoms with Crippen molar-refractivity contribution in [2.24, 2.45) is 23.7 Å². The summed E-state index contributed by atoms with van der Waals surface area (Å²) in [6, 6.07) is 32.3. The lowest BCUT2D eigenvalue weighted by atomic mass is 9.82. The van der Waals surface area contributed by atoms with Crippen LogP contribution in [0.3, 0.4) is 0 Å². The first kappa shape index (κ1) is 69.9. The van der Waals surface area contributed by atoms with Crippen LogP contribution in [0.4, 0.5) is 0 Å². The number of rotatable bonds is 38. The molecule has 2 aliphatic carbocycles. The molecule has 1 heterocycles. The van der Waals surface area contributed by atoms with E-state index in [-0.39, 0.29) is 62.0 Å². The number of esters is 5. The number of aromatic nitrogens is 2. The van der Waals surface area contributed by atoms with Crippen LogP contribution in [0.15, 0.2) is 141 Å². The third kappa shape index (κ3) is 22.9. The number of hydrogen-bond acceptors (Lipinski definition) is 18. The Morgan fingerprint density at radius 3 is 1.29 bits per heavy atom. The average Bonchev–Trinajstić information content (AvgIpc) is 0.829. The molecule has 0 spiro atoms. The van der Waals surface area contributed by atoms with Crippen molar-refractivity contribution < 1.29 is 76.1 Å². The Balaban J connectivity index is 0.836. The molecule has 2 saturated carbocycles. The van der Waals surface area contributed by atoms with Crippen LogP contribution in [-0.4, -0.2) is 106 Å². The first-order valence-corrected chi connectivity index (χ1v) is 32.6. The smallest absolute Gasteiger partial charge is 0.330 e. The standard InChI is InChI=1S/C75H88N2O16/c1-6-69(78)87-39-15-11-9-13-37-85-67-35-32-63(45-52(67)4)92-74(81)56-27-23-54(24-28-56)50-90-60-21-17-19-58(47-60)72-73(77-66-49-62(31-34-65(66)76-72)84-43-41-83-42-44-89-71(80)8-3)59-20-18-22-61(48-59)91-51-55-25-29-57(30-26-55)75(82)93-64-33-36-68(53(5)46-64)86-38-14-10-12-16-40-88-70(79)7-2/h6-8,17-22,31-36,45-49,54-57H,1-3,9-16,23-30,37-44,50-51H2,4-5H3. The average molecular weight is 1270 g/mol. The van der Waals surface area contributed by atoms with Gasteiger partial charge < -0.3 is 52.1 Å². The van der Waals surface area contributed by atoms with Crippen molar-refractivity contribution in [2.45, 2.75) is 117 Å². The van der Waals surface area contributed by atoms with Crippen LogP contribution in [0.25, 0.3) is 33.5 Å². The van der Waals surface area contributed by atoms with Gasteiger partial charge in [0.2, 0.25) is 0 Å². The first-order valence-electron chi connectivity index (χ1n) is 32.6. The summed E-state index contributed by atoms with van der Waals surface area (Å²) in [4.78, 5) is 71.1. The molecule has 93 heavy (non-hydrogen) atoms. The first-order chi connectivity index (χ1) is 45.3. The Morgan fingerprint density at radius 2 is 0.828 bits per heavy atom. The van der Waals surface area contributed by atoms with Gasteiger partial charge in [-0.2, -0.15) is 0 Å². The van der Waals surface area contributed by atoms with E-state index in [1.807, 2.05) is 105 Å². The molecule has 0 aliphatic heterocycles. The summed E-state index contributed by atoms with van der Waals surface area (Å²) >= 11 is 0. The maximum absolute atomic E-state index is 13.4. The van der Waals surface area contributed by atoms with Crippen molar-refractivity contribution in [1.29, 1.82) is 0 Å². The molecule has 18 nitrogen and oxygen atoms in total. The third-order valence-electron chi connectivity index (χ3n) is 16.5. The van der Waals surface area contributed by atoms with E-state index in [1.165, 1.54) is 12.2 Å². The monoisotopic (exact) mass is 1270 g/mol. The Hall–Kier alpha value is -9.03. The lowest BCUT2D eigenvalue weighted by Crippen LogP contribution is -2.27. The van der Waals surface area contributed by atoms with Crippen molar-refractivity contribution in [2.75, 3.05) is 66.1 Å². The molecule has 5 aromatic carbocycles. The minimum absolute atomic E-state index is 0.113. The largest absolute Gasteiger partial charge is 0.493 e. The van der Waals surface area contributed by atoms with Gasteiger partial charge in [0.1, 0.15) is 53.5 Å². The van der Waals surface area contributed by atoms with Gasteiger partial charge in [0, 0.05) is 35.4 Å². The van der Waals surface area contributed by atoms with Gasteiger partial charge in [-0.3, -0.25) is 9.59 Å². The Kier molecular flexibility index (Phi) is 28.1. The van der Waals surface area contributed by atoms with Crippen LogP contribution in [0, 0.1) is 37.5 Å². The Bertz CT molecular complexity index is 3460. The number of carbonyl (C=O) groups excluding carboxylic acids is 5. The lowest BCUT2D eigenvalue weighted by molar-refractivity contribution is -0.141. The predicted octanol–water partition coefficient (Wildman–Crippen LogP) is 14.6. The van der Waals surface area contributed by atoms with Gasteiger partial charge in [-0.15, -0.1) is 0 Å². The predicted molar refractivity (Wildman–Crippen MR) is 354 cm³/mol. The highest BCUT2D eigenvalue weighted by molar-refractivity contribution is 5.87. The van der Waals surface area contributed by atoms with Crippen LogP contribution >= 0.6 is 0 Å². The molecule has 2 aliphatic rings. The number of carbonyl (C=O) groups is 5. The summed E-state index contributed by atoms with van der Waals surface area (Å²) in [6.07, 6.45) is 16.6. The van der Waals surface area contributed by atoms with Gasteiger partial charge in [-0.05, 0) is 212 Å². The molecule has 0 radical (unpaired) electrons. The minimum Gasteiger partial charge on any atom is -0.493 e. The Morgan fingerprint density at radius 1 is 0.409 bits per heavy atom. The number of benzene rings is 5. The molecule has 2 fully saturated rings. The van der Waals surface area contributed by atoms with Crippen molar-refractivity contribution >= 4 is 40.9 Å². The maximum Gasteiger partial charge on any atom is 0.330 e. The van der Waals surface area contributed by atoms with E-state index < -0.39 is 17.9 Å². The van der Waals surface area contributed by atoms with Gasteiger partial charge in [-0.25, -0.2) is 24.4 Å². The van der Waals surface area contributed by atoms with Crippen LogP contribution in [0.2, 0.25) is 0 Å². The fourth-order valence-electron chi connectivity index (χ4n) is 11.2. The quantitative estimate of drug-likeness (QED) is 0.0116. The topological polar surface area (TPSA) is 213 Å². The van der Waals surface area contributed by atoms with Gasteiger partial charge in [0.15, 0.2) is 0 Å². The van der Waals surface area contributed by atoms with Gasteiger partial charge in [0.05, 0.1) is 87.1 Å². The molecule has 1 aromatic heterocycles.